The zero-order chi connectivity index (χ0) is 18.2. The van der Waals surface area contributed by atoms with Gasteiger partial charge in [-0.1, -0.05) is 60.7 Å². The summed E-state index contributed by atoms with van der Waals surface area (Å²) in [5.41, 5.74) is 2.61. The van der Waals surface area contributed by atoms with E-state index in [2.05, 4.69) is 0 Å². The number of esters is 1. The molecule has 0 spiro atoms. The SMILES string of the molecule is O=Cc1ccc(C(=O)OCc2ccccc2)cc1OCc1ccccc1. The molecule has 0 amide bonds. The lowest BCUT2D eigenvalue weighted by atomic mass is 10.1. The smallest absolute Gasteiger partial charge is 0.338 e. The van der Waals surface area contributed by atoms with Crippen molar-refractivity contribution < 1.29 is 19.1 Å². The molecule has 0 saturated heterocycles. The van der Waals surface area contributed by atoms with Gasteiger partial charge >= 0.3 is 5.97 Å². The third kappa shape index (κ3) is 4.57. The van der Waals surface area contributed by atoms with E-state index in [-0.39, 0.29) is 6.61 Å². The summed E-state index contributed by atoms with van der Waals surface area (Å²) < 4.78 is 11.1. The van der Waals surface area contributed by atoms with Gasteiger partial charge in [-0.3, -0.25) is 4.79 Å². The molecule has 130 valence electrons. The Hall–Kier alpha value is -3.40. The molecule has 0 aliphatic rings. The fraction of sp³-hybridized carbons (Fsp3) is 0.0909. The molecule has 0 N–H and O–H groups in total. The summed E-state index contributed by atoms with van der Waals surface area (Å²) in [6, 6.07) is 23.7. The van der Waals surface area contributed by atoms with E-state index in [1.54, 1.807) is 18.2 Å². The van der Waals surface area contributed by atoms with Crippen LogP contribution in [0.15, 0.2) is 78.9 Å². The minimum Gasteiger partial charge on any atom is -0.488 e. The third-order valence-electron chi connectivity index (χ3n) is 3.83. The van der Waals surface area contributed by atoms with E-state index >= 15 is 0 Å². The van der Waals surface area contributed by atoms with Crippen LogP contribution in [0.1, 0.15) is 31.8 Å². The van der Waals surface area contributed by atoms with Crippen LogP contribution in [0.5, 0.6) is 5.75 Å². The highest BCUT2D eigenvalue weighted by Gasteiger charge is 2.12. The summed E-state index contributed by atoms with van der Waals surface area (Å²) in [6.45, 7) is 0.500. The van der Waals surface area contributed by atoms with Crippen molar-refractivity contribution in [3.05, 3.63) is 101 Å². The van der Waals surface area contributed by atoms with Crippen molar-refractivity contribution in [2.45, 2.75) is 13.2 Å². The van der Waals surface area contributed by atoms with Gasteiger partial charge < -0.3 is 9.47 Å². The number of carbonyl (C=O) groups is 2. The molecular weight excluding hydrogens is 328 g/mol. The number of hydrogen-bond acceptors (Lipinski definition) is 4. The van der Waals surface area contributed by atoms with Gasteiger partial charge in [-0.15, -0.1) is 0 Å². The Labute approximate surface area is 152 Å². The number of carbonyl (C=O) groups excluding carboxylic acids is 2. The maximum absolute atomic E-state index is 12.3. The largest absolute Gasteiger partial charge is 0.488 e. The minimum atomic E-state index is -0.462. The highest BCUT2D eigenvalue weighted by atomic mass is 16.5. The van der Waals surface area contributed by atoms with Crippen LogP contribution in [0.3, 0.4) is 0 Å². The van der Waals surface area contributed by atoms with Crippen LogP contribution in [0, 0.1) is 0 Å². The molecule has 0 aliphatic heterocycles. The standard InChI is InChI=1S/C22H18O4/c23-14-20-12-11-19(22(24)26-16-18-9-5-2-6-10-18)13-21(20)25-15-17-7-3-1-4-8-17/h1-14H,15-16H2. The average Bonchev–Trinajstić information content (AvgIpc) is 2.71. The highest BCUT2D eigenvalue weighted by molar-refractivity contribution is 5.91. The van der Waals surface area contributed by atoms with Gasteiger partial charge in [-0.05, 0) is 29.3 Å². The first-order valence-electron chi connectivity index (χ1n) is 8.23. The van der Waals surface area contributed by atoms with Gasteiger partial charge in [0.25, 0.3) is 0 Å². The number of aldehydes is 1. The van der Waals surface area contributed by atoms with Gasteiger partial charge in [0.15, 0.2) is 6.29 Å². The number of benzene rings is 3. The summed E-state index contributed by atoms with van der Waals surface area (Å²) in [7, 11) is 0. The minimum absolute atomic E-state index is 0.190. The first-order chi connectivity index (χ1) is 12.8. The topological polar surface area (TPSA) is 52.6 Å². The van der Waals surface area contributed by atoms with Crippen molar-refractivity contribution in [2.24, 2.45) is 0 Å². The fourth-order valence-electron chi connectivity index (χ4n) is 2.43. The number of rotatable bonds is 7. The van der Waals surface area contributed by atoms with Crippen LogP contribution in [0.4, 0.5) is 0 Å². The van der Waals surface area contributed by atoms with E-state index in [9.17, 15) is 9.59 Å². The van der Waals surface area contributed by atoms with Crippen molar-refractivity contribution in [2.75, 3.05) is 0 Å². The number of ether oxygens (including phenoxy) is 2. The molecule has 0 aromatic heterocycles. The normalized spacial score (nSPS) is 10.2. The van der Waals surface area contributed by atoms with Gasteiger partial charge in [-0.25, -0.2) is 4.79 Å². The molecule has 0 bridgehead atoms. The summed E-state index contributed by atoms with van der Waals surface area (Å²) in [4.78, 5) is 23.5. The molecule has 0 saturated carbocycles. The molecule has 3 aromatic carbocycles. The molecule has 0 fully saturated rings. The van der Waals surface area contributed by atoms with E-state index < -0.39 is 5.97 Å². The predicted molar refractivity (Wildman–Crippen MR) is 98.2 cm³/mol. The van der Waals surface area contributed by atoms with Crippen LogP contribution in [-0.4, -0.2) is 12.3 Å². The van der Waals surface area contributed by atoms with Gasteiger partial charge in [0, 0.05) is 0 Å². The lowest BCUT2D eigenvalue weighted by molar-refractivity contribution is 0.0472. The van der Waals surface area contributed by atoms with E-state index in [4.69, 9.17) is 9.47 Å². The van der Waals surface area contributed by atoms with Crippen LogP contribution >= 0.6 is 0 Å². The predicted octanol–water partition coefficient (Wildman–Crippen LogP) is 4.44. The second kappa shape index (κ2) is 8.62. The average molecular weight is 346 g/mol. The van der Waals surface area contributed by atoms with Gasteiger partial charge in [-0.2, -0.15) is 0 Å². The molecule has 4 nitrogen and oxygen atoms in total. The van der Waals surface area contributed by atoms with Crippen molar-refractivity contribution in [3.8, 4) is 5.75 Å². The van der Waals surface area contributed by atoms with Gasteiger partial charge in [0.1, 0.15) is 19.0 Å². The summed E-state index contributed by atoms with van der Waals surface area (Å²) in [5.74, 6) is -0.103. The maximum atomic E-state index is 12.3. The van der Waals surface area contributed by atoms with Crippen LogP contribution < -0.4 is 4.74 Å². The van der Waals surface area contributed by atoms with Crippen LogP contribution in [0.2, 0.25) is 0 Å². The molecule has 0 aliphatic carbocycles. The summed E-state index contributed by atoms with van der Waals surface area (Å²) >= 11 is 0. The van der Waals surface area contributed by atoms with Gasteiger partial charge in [0.05, 0.1) is 11.1 Å². The van der Waals surface area contributed by atoms with E-state index in [0.717, 1.165) is 11.1 Å². The zero-order valence-corrected chi connectivity index (χ0v) is 14.1. The second-order valence-corrected chi connectivity index (χ2v) is 5.71. The Morgan fingerprint density at radius 3 is 2.04 bits per heavy atom. The Morgan fingerprint density at radius 2 is 1.42 bits per heavy atom. The van der Waals surface area contributed by atoms with E-state index in [0.29, 0.717) is 29.8 Å². The van der Waals surface area contributed by atoms with Crippen molar-refractivity contribution in [1.82, 2.24) is 0 Å². The molecule has 0 unspecified atom stereocenters. The Bertz CT molecular complexity index is 873. The third-order valence-corrected chi connectivity index (χ3v) is 3.83. The molecular formula is C22H18O4. The lowest BCUT2D eigenvalue weighted by Gasteiger charge is -2.11. The van der Waals surface area contributed by atoms with Gasteiger partial charge in [0.2, 0.25) is 0 Å². The molecule has 0 atom stereocenters. The Kier molecular flexibility index (Phi) is 5.78. The molecule has 3 aromatic rings. The molecule has 4 heteroatoms. The first-order valence-corrected chi connectivity index (χ1v) is 8.23. The van der Waals surface area contributed by atoms with E-state index in [1.165, 1.54) is 0 Å². The molecule has 0 heterocycles. The summed E-state index contributed by atoms with van der Waals surface area (Å²) in [5, 5.41) is 0. The molecule has 0 radical (unpaired) electrons. The zero-order valence-electron chi connectivity index (χ0n) is 14.1. The molecule has 26 heavy (non-hydrogen) atoms. The lowest BCUT2D eigenvalue weighted by Crippen LogP contribution is -2.07. The highest BCUT2D eigenvalue weighted by Crippen LogP contribution is 2.21. The Balaban J connectivity index is 1.69. The van der Waals surface area contributed by atoms with Crippen molar-refractivity contribution in [1.29, 1.82) is 0 Å². The van der Waals surface area contributed by atoms with Crippen LogP contribution in [-0.2, 0) is 18.0 Å². The maximum Gasteiger partial charge on any atom is 0.338 e. The van der Waals surface area contributed by atoms with Crippen molar-refractivity contribution in [3.63, 3.8) is 0 Å². The summed E-state index contributed by atoms with van der Waals surface area (Å²) in [6.07, 6.45) is 0.708. The fourth-order valence-corrected chi connectivity index (χ4v) is 2.43. The second-order valence-electron chi connectivity index (χ2n) is 5.71. The first kappa shape index (κ1) is 17.4. The molecule has 3 rings (SSSR count). The quantitative estimate of drug-likeness (QED) is 0.469. The van der Waals surface area contributed by atoms with Crippen molar-refractivity contribution >= 4 is 12.3 Å². The Morgan fingerprint density at radius 1 is 0.808 bits per heavy atom. The van der Waals surface area contributed by atoms with Crippen LogP contribution in [0.25, 0.3) is 0 Å². The number of hydrogen-bond donors (Lipinski definition) is 0. The van der Waals surface area contributed by atoms with E-state index in [1.807, 2.05) is 60.7 Å². The monoisotopic (exact) mass is 346 g/mol.